The quantitative estimate of drug-likeness (QED) is 0.554. The maximum Gasteiger partial charge on any atom is 0.307 e. The highest BCUT2D eigenvalue weighted by Crippen LogP contribution is 2.22. The van der Waals surface area contributed by atoms with Crippen LogP contribution in [0.3, 0.4) is 0 Å². The SMILES string of the molecule is CC(C)(C)OC(=O)CCC(C[PH](=O)O)C(=O)O. The van der Waals surface area contributed by atoms with Gasteiger partial charge < -0.3 is 14.7 Å². The third kappa shape index (κ3) is 8.89. The molecule has 0 aliphatic carbocycles. The lowest BCUT2D eigenvalue weighted by Gasteiger charge is -2.20. The van der Waals surface area contributed by atoms with Gasteiger partial charge in [0.15, 0.2) is 8.03 Å². The van der Waals surface area contributed by atoms with Gasteiger partial charge in [0.05, 0.1) is 5.92 Å². The summed E-state index contributed by atoms with van der Waals surface area (Å²) < 4.78 is 15.6. The van der Waals surface area contributed by atoms with Gasteiger partial charge in [-0.25, -0.2) is 0 Å². The summed E-state index contributed by atoms with van der Waals surface area (Å²) in [4.78, 5) is 30.8. The molecule has 100 valence electrons. The summed E-state index contributed by atoms with van der Waals surface area (Å²) in [6, 6.07) is 0. The Morgan fingerprint density at radius 2 is 1.88 bits per heavy atom. The van der Waals surface area contributed by atoms with Crippen molar-refractivity contribution in [3.8, 4) is 0 Å². The molecule has 0 aromatic rings. The van der Waals surface area contributed by atoms with Gasteiger partial charge >= 0.3 is 11.9 Å². The van der Waals surface area contributed by atoms with Gasteiger partial charge in [-0.2, -0.15) is 0 Å². The number of carbonyl (C=O) groups excluding carboxylic acids is 1. The molecule has 0 saturated carbocycles. The van der Waals surface area contributed by atoms with Crippen molar-refractivity contribution in [2.75, 3.05) is 6.16 Å². The highest BCUT2D eigenvalue weighted by Gasteiger charge is 2.23. The molecule has 2 N–H and O–H groups in total. The molecule has 0 fully saturated rings. The third-order valence-corrected chi connectivity index (χ3v) is 2.73. The Morgan fingerprint density at radius 3 is 2.24 bits per heavy atom. The predicted molar refractivity (Wildman–Crippen MR) is 62.3 cm³/mol. The van der Waals surface area contributed by atoms with Gasteiger partial charge in [-0.3, -0.25) is 14.2 Å². The normalized spacial score (nSPS) is 15.1. The zero-order valence-electron chi connectivity index (χ0n) is 10.2. The first-order chi connectivity index (χ1) is 7.61. The van der Waals surface area contributed by atoms with Crippen LogP contribution in [0.4, 0.5) is 0 Å². The van der Waals surface area contributed by atoms with E-state index in [0.717, 1.165) is 0 Å². The van der Waals surface area contributed by atoms with E-state index in [2.05, 4.69) is 0 Å². The van der Waals surface area contributed by atoms with Gasteiger partial charge in [0.25, 0.3) is 0 Å². The van der Waals surface area contributed by atoms with E-state index in [1.807, 2.05) is 0 Å². The van der Waals surface area contributed by atoms with E-state index >= 15 is 0 Å². The van der Waals surface area contributed by atoms with Crippen LogP contribution in [-0.4, -0.2) is 33.7 Å². The monoisotopic (exact) mass is 266 g/mol. The molecule has 0 spiro atoms. The second kappa shape index (κ2) is 6.77. The van der Waals surface area contributed by atoms with Gasteiger partial charge in [0.1, 0.15) is 5.60 Å². The molecule has 0 radical (unpaired) electrons. The summed E-state index contributed by atoms with van der Waals surface area (Å²) in [5, 5.41) is 8.78. The number of esters is 1. The first kappa shape index (κ1) is 16.1. The number of carbonyl (C=O) groups is 2. The van der Waals surface area contributed by atoms with Crippen molar-refractivity contribution in [3.05, 3.63) is 0 Å². The minimum Gasteiger partial charge on any atom is -0.481 e. The molecular formula is C10H19O6P. The van der Waals surface area contributed by atoms with E-state index in [4.69, 9.17) is 14.7 Å². The van der Waals surface area contributed by atoms with Crippen molar-refractivity contribution in [3.63, 3.8) is 0 Å². The molecule has 6 nitrogen and oxygen atoms in total. The van der Waals surface area contributed by atoms with E-state index in [1.54, 1.807) is 20.8 Å². The fourth-order valence-electron chi connectivity index (χ4n) is 1.21. The minimum atomic E-state index is -2.84. The van der Waals surface area contributed by atoms with Crippen molar-refractivity contribution < 1.29 is 28.9 Å². The summed E-state index contributed by atoms with van der Waals surface area (Å²) in [6.07, 6.45) is -0.354. The lowest BCUT2D eigenvalue weighted by molar-refractivity contribution is -0.155. The molecule has 0 rings (SSSR count). The molecule has 0 aliphatic rings. The van der Waals surface area contributed by atoms with Gasteiger partial charge in [-0.05, 0) is 27.2 Å². The second-order valence-corrected chi connectivity index (χ2v) is 5.95. The molecule has 0 aliphatic heterocycles. The Labute approximate surface area is 101 Å². The van der Waals surface area contributed by atoms with Crippen LogP contribution in [0.2, 0.25) is 0 Å². The topological polar surface area (TPSA) is 101 Å². The maximum atomic E-state index is 11.3. The van der Waals surface area contributed by atoms with Crippen LogP contribution < -0.4 is 0 Å². The van der Waals surface area contributed by atoms with E-state index < -0.39 is 31.5 Å². The van der Waals surface area contributed by atoms with Crippen molar-refractivity contribution in [1.29, 1.82) is 0 Å². The third-order valence-electron chi connectivity index (χ3n) is 1.89. The van der Waals surface area contributed by atoms with Crippen molar-refractivity contribution in [1.82, 2.24) is 0 Å². The Balaban J connectivity index is 4.18. The van der Waals surface area contributed by atoms with Crippen LogP contribution in [0.15, 0.2) is 0 Å². The lowest BCUT2D eigenvalue weighted by atomic mass is 10.1. The predicted octanol–water partition coefficient (Wildman–Crippen LogP) is 1.28. The van der Waals surface area contributed by atoms with Crippen LogP contribution in [-0.2, 0) is 18.9 Å². The van der Waals surface area contributed by atoms with Crippen LogP contribution in [0, 0.1) is 5.92 Å². The minimum absolute atomic E-state index is 0.0151. The number of hydrogen-bond donors (Lipinski definition) is 2. The summed E-state index contributed by atoms with van der Waals surface area (Å²) in [5.74, 6) is -2.64. The highest BCUT2D eigenvalue weighted by molar-refractivity contribution is 7.38. The fourth-order valence-corrected chi connectivity index (χ4v) is 2.01. The van der Waals surface area contributed by atoms with Gasteiger partial charge in [-0.1, -0.05) is 0 Å². The van der Waals surface area contributed by atoms with Crippen molar-refractivity contribution in [2.45, 2.75) is 39.2 Å². The maximum absolute atomic E-state index is 11.3. The number of carboxylic acids is 1. The number of carboxylic acid groups (broad SMARTS) is 1. The van der Waals surface area contributed by atoms with E-state index in [-0.39, 0.29) is 19.0 Å². The molecule has 0 heterocycles. The zero-order chi connectivity index (χ0) is 13.6. The average Bonchev–Trinajstić information content (AvgIpc) is 2.08. The lowest BCUT2D eigenvalue weighted by Crippen LogP contribution is -2.25. The Morgan fingerprint density at radius 1 is 1.35 bits per heavy atom. The highest BCUT2D eigenvalue weighted by atomic mass is 31.1. The second-order valence-electron chi connectivity index (χ2n) is 4.76. The van der Waals surface area contributed by atoms with Gasteiger partial charge in [-0.15, -0.1) is 0 Å². The van der Waals surface area contributed by atoms with Crippen LogP contribution in [0.25, 0.3) is 0 Å². The smallest absolute Gasteiger partial charge is 0.307 e. The Kier molecular flexibility index (Phi) is 6.42. The fraction of sp³-hybridized carbons (Fsp3) is 0.800. The van der Waals surface area contributed by atoms with Crippen LogP contribution >= 0.6 is 8.03 Å². The summed E-state index contributed by atoms with van der Waals surface area (Å²) in [6.45, 7) is 5.14. The Hall–Kier alpha value is -0.870. The molecule has 0 aromatic heterocycles. The Bertz CT molecular complexity index is 306. The largest absolute Gasteiger partial charge is 0.481 e. The standard InChI is InChI=1S/C10H19O6P/c1-10(2,3)16-8(11)5-4-7(9(12)13)6-17(14)15/h7,17H,4-6H2,1-3H3,(H,12,13)(H,14,15). The zero-order valence-corrected chi connectivity index (χ0v) is 11.2. The van der Waals surface area contributed by atoms with Gasteiger partial charge in [0.2, 0.25) is 0 Å². The van der Waals surface area contributed by atoms with Crippen molar-refractivity contribution >= 4 is 20.0 Å². The summed E-state index contributed by atoms with van der Waals surface area (Å²) in [5.41, 5.74) is -0.611. The molecule has 2 unspecified atom stereocenters. The molecule has 17 heavy (non-hydrogen) atoms. The molecule has 2 atom stereocenters. The van der Waals surface area contributed by atoms with Crippen molar-refractivity contribution in [2.24, 2.45) is 5.92 Å². The molecule has 0 bridgehead atoms. The molecule has 0 aromatic carbocycles. The number of aliphatic carboxylic acids is 1. The molecule has 0 amide bonds. The number of rotatable bonds is 6. The summed E-state index contributed by atoms with van der Waals surface area (Å²) in [7, 11) is -2.84. The van der Waals surface area contributed by atoms with E-state index in [1.165, 1.54) is 0 Å². The van der Waals surface area contributed by atoms with Gasteiger partial charge in [0, 0.05) is 12.6 Å². The van der Waals surface area contributed by atoms with Crippen LogP contribution in [0.5, 0.6) is 0 Å². The first-order valence-electron chi connectivity index (χ1n) is 5.28. The summed E-state index contributed by atoms with van der Waals surface area (Å²) >= 11 is 0. The number of ether oxygens (including phenoxy) is 1. The van der Waals surface area contributed by atoms with Crippen LogP contribution in [0.1, 0.15) is 33.6 Å². The molecule has 7 heteroatoms. The van der Waals surface area contributed by atoms with E-state index in [0.29, 0.717) is 0 Å². The molecule has 0 saturated heterocycles. The molecular weight excluding hydrogens is 247 g/mol. The van der Waals surface area contributed by atoms with E-state index in [9.17, 15) is 14.2 Å². The first-order valence-corrected chi connectivity index (χ1v) is 6.84. The average molecular weight is 266 g/mol. The number of hydrogen-bond acceptors (Lipinski definition) is 4.